The fraction of sp³-hybridized carbons (Fsp3) is 0.0270. The summed E-state index contributed by atoms with van der Waals surface area (Å²) in [7, 11) is 4.26. The number of benzene rings is 12. The van der Waals surface area contributed by atoms with E-state index in [2.05, 4.69) is 336 Å². The first-order valence-electron chi connectivity index (χ1n) is 26.7. The molecule has 0 amide bonds. The number of para-hydroxylation sites is 4. The van der Waals surface area contributed by atoms with Crippen molar-refractivity contribution in [3.63, 3.8) is 0 Å². The van der Waals surface area contributed by atoms with Crippen LogP contribution >= 0.6 is 0 Å². The Labute approximate surface area is 456 Å². The number of nitrogens with zero attached hydrogens (tertiary/aromatic N) is 4. The van der Waals surface area contributed by atoms with Crippen LogP contribution < -0.4 is 9.80 Å². The Morgan fingerprint density at radius 2 is 0.474 bits per heavy atom. The van der Waals surface area contributed by atoms with Gasteiger partial charge >= 0.3 is 0 Å². The van der Waals surface area contributed by atoms with Gasteiger partial charge in [-0.1, -0.05) is 188 Å². The lowest BCUT2D eigenvalue weighted by Gasteiger charge is -2.19. The van der Waals surface area contributed by atoms with Gasteiger partial charge in [0, 0.05) is 69.8 Å². The highest BCUT2D eigenvalue weighted by Gasteiger charge is 2.18. The van der Waals surface area contributed by atoms with Gasteiger partial charge in [0.15, 0.2) is 0 Å². The summed E-state index contributed by atoms with van der Waals surface area (Å²) in [5.74, 6) is 0. The van der Waals surface area contributed by atoms with Crippen LogP contribution in [0.1, 0.15) is 0 Å². The number of fused-ring (bicyclic) bond motifs is 6. The third kappa shape index (κ3) is 9.16. The molecule has 0 aliphatic carbocycles. The molecule has 0 aliphatic heterocycles. The minimum absolute atomic E-state index is 1.16. The zero-order valence-electron chi connectivity index (χ0n) is 43.7. The summed E-state index contributed by atoms with van der Waals surface area (Å²) in [6.07, 6.45) is 0. The first kappa shape index (κ1) is 47.5. The van der Waals surface area contributed by atoms with Crippen molar-refractivity contribution in [1.82, 2.24) is 9.13 Å². The van der Waals surface area contributed by atoms with Crippen LogP contribution in [-0.4, -0.2) is 23.2 Å². The van der Waals surface area contributed by atoms with Crippen LogP contribution in [0, 0.1) is 0 Å². The first-order valence-corrected chi connectivity index (χ1v) is 26.7. The predicted octanol–water partition coefficient (Wildman–Crippen LogP) is 19.8. The van der Waals surface area contributed by atoms with Gasteiger partial charge in [-0.15, -0.1) is 0 Å². The van der Waals surface area contributed by atoms with Crippen molar-refractivity contribution in [1.29, 1.82) is 0 Å². The molecule has 372 valence electrons. The van der Waals surface area contributed by atoms with Gasteiger partial charge in [0.2, 0.25) is 0 Å². The molecule has 14 rings (SSSR count). The van der Waals surface area contributed by atoms with Crippen LogP contribution in [-0.2, 0) is 0 Å². The molecule has 0 aliphatic rings. The van der Waals surface area contributed by atoms with Crippen LogP contribution in [0.25, 0.3) is 99.5 Å². The molecule has 0 saturated heterocycles. The Hall–Kier alpha value is -10.2. The molecule has 0 atom stereocenters. The summed E-state index contributed by atoms with van der Waals surface area (Å²) >= 11 is 0. The average molecular weight is 1000 g/mol. The van der Waals surface area contributed by atoms with E-state index >= 15 is 0 Å². The lowest BCUT2D eigenvalue weighted by atomic mass is 9.98. The molecule has 0 radical (unpaired) electrons. The maximum absolute atomic E-state index is 2.38. The van der Waals surface area contributed by atoms with Crippen LogP contribution in [0.4, 0.5) is 22.7 Å². The molecular weight excluding hydrogens is 945 g/mol. The molecule has 0 bridgehead atoms. The third-order valence-electron chi connectivity index (χ3n) is 15.2. The van der Waals surface area contributed by atoms with Crippen molar-refractivity contribution in [3.05, 3.63) is 303 Å². The summed E-state index contributed by atoms with van der Waals surface area (Å²) in [5.41, 5.74) is 21.6. The summed E-state index contributed by atoms with van der Waals surface area (Å²) in [4.78, 5) is 4.50. The molecule has 12 aromatic carbocycles. The lowest BCUT2D eigenvalue weighted by molar-refractivity contribution is 1.17. The molecule has 0 N–H and O–H groups in total. The zero-order valence-corrected chi connectivity index (χ0v) is 43.7. The van der Waals surface area contributed by atoms with Crippen LogP contribution in [0.15, 0.2) is 303 Å². The topological polar surface area (TPSA) is 16.3 Å². The minimum atomic E-state index is 1.16. The Morgan fingerprint density at radius 1 is 0.205 bits per heavy atom. The number of hydrogen-bond donors (Lipinski definition) is 0. The van der Waals surface area contributed by atoms with Crippen LogP contribution in [0.5, 0.6) is 0 Å². The molecular formula is C74H56N4. The van der Waals surface area contributed by atoms with Crippen molar-refractivity contribution in [2.45, 2.75) is 0 Å². The molecule has 2 aromatic heterocycles. The normalized spacial score (nSPS) is 11.2. The number of anilines is 4. The zero-order chi connectivity index (χ0) is 52.4. The van der Waals surface area contributed by atoms with E-state index in [9.17, 15) is 0 Å². The first-order chi connectivity index (χ1) is 38.5. The van der Waals surface area contributed by atoms with Crippen molar-refractivity contribution in [2.75, 3.05) is 23.9 Å². The Morgan fingerprint density at radius 3 is 0.897 bits per heavy atom. The van der Waals surface area contributed by atoms with E-state index in [1.165, 1.54) is 117 Å². The van der Waals surface area contributed by atoms with E-state index < -0.39 is 0 Å². The summed E-state index contributed by atoms with van der Waals surface area (Å²) < 4.78 is 4.75. The van der Waals surface area contributed by atoms with Gasteiger partial charge in [0.25, 0.3) is 0 Å². The highest BCUT2D eigenvalue weighted by molar-refractivity contribution is 6.13. The fourth-order valence-electron chi connectivity index (χ4n) is 11.1. The molecule has 4 nitrogen and oxygen atoms in total. The van der Waals surface area contributed by atoms with E-state index in [0.29, 0.717) is 0 Å². The molecule has 0 saturated carbocycles. The second kappa shape index (κ2) is 20.9. The van der Waals surface area contributed by atoms with E-state index in [1.807, 2.05) is 0 Å². The van der Waals surface area contributed by atoms with Gasteiger partial charge in [0.05, 0.1) is 22.1 Å². The quantitative estimate of drug-likeness (QED) is 0.136. The third-order valence-corrected chi connectivity index (χ3v) is 15.2. The Kier molecular flexibility index (Phi) is 12.7. The summed E-state index contributed by atoms with van der Waals surface area (Å²) in [5, 5.41) is 4.99. The van der Waals surface area contributed by atoms with Gasteiger partial charge < -0.3 is 18.9 Å². The van der Waals surface area contributed by atoms with E-state index in [-0.39, 0.29) is 0 Å². The predicted molar refractivity (Wildman–Crippen MR) is 332 cm³/mol. The molecule has 0 fully saturated rings. The maximum Gasteiger partial charge on any atom is 0.0542 e. The molecule has 4 heteroatoms. The van der Waals surface area contributed by atoms with Crippen LogP contribution in [0.2, 0.25) is 0 Å². The molecule has 0 spiro atoms. The highest BCUT2D eigenvalue weighted by atomic mass is 15.1. The van der Waals surface area contributed by atoms with Gasteiger partial charge in [-0.05, 0) is 160 Å². The molecule has 2 heterocycles. The van der Waals surface area contributed by atoms with Crippen molar-refractivity contribution < 1.29 is 0 Å². The molecule has 14 aromatic rings. The van der Waals surface area contributed by atoms with Crippen LogP contribution in [0.3, 0.4) is 0 Å². The number of hydrogen-bond acceptors (Lipinski definition) is 2. The maximum atomic E-state index is 2.38. The highest BCUT2D eigenvalue weighted by Crippen LogP contribution is 2.40. The van der Waals surface area contributed by atoms with Crippen molar-refractivity contribution in [3.8, 4) is 55.9 Å². The van der Waals surface area contributed by atoms with Gasteiger partial charge in [-0.25, -0.2) is 0 Å². The van der Waals surface area contributed by atoms with Gasteiger partial charge in [-0.2, -0.15) is 0 Å². The number of aromatic nitrogens is 2. The standard InChI is InChI=1S/2C37H28N2/c1-38(31-16-7-3-8-17-31)33-21-23-37-35(26-33)34-25-30(20-22-36(34)39(37)32-18-9-4-10-19-32)29-15-11-14-28(24-29)27-12-5-2-6-13-27;1-38(31-13-7-3-8-14-31)33-22-24-37-35(26-33)34-25-30(21-23-36(34)39(37)32-15-9-4-10-16-32)29-19-17-28(18-20-29)27-11-5-2-6-12-27/h2*2-26H,1H3. The SMILES string of the molecule is CN(c1ccccc1)c1ccc2c(c1)c1cc(-c3ccc(-c4ccccc4)cc3)ccc1n2-c1ccccc1.CN(c1ccccc1)c1ccc2c(c1)c1cc(-c3cccc(-c4ccccc4)c3)ccc1n2-c1ccccc1. The Balaban J connectivity index is 0.000000148. The average Bonchev–Trinajstić information content (AvgIpc) is 4.14. The number of rotatable bonds is 10. The largest absolute Gasteiger partial charge is 0.345 e. The second-order valence-electron chi connectivity index (χ2n) is 19.9. The van der Waals surface area contributed by atoms with Gasteiger partial charge in [-0.3, -0.25) is 0 Å². The fourth-order valence-corrected chi connectivity index (χ4v) is 11.1. The molecule has 0 unspecified atom stereocenters. The van der Waals surface area contributed by atoms with Gasteiger partial charge in [0.1, 0.15) is 0 Å². The van der Waals surface area contributed by atoms with E-state index in [4.69, 9.17) is 0 Å². The monoisotopic (exact) mass is 1000 g/mol. The molecule has 78 heavy (non-hydrogen) atoms. The Bertz CT molecular complexity index is 4360. The van der Waals surface area contributed by atoms with E-state index in [0.717, 1.165) is 5.69 Å². The van der Waals surface area contributed by atoms with Crippen molar-refractivity contribution in [2.24, 2.45) is 0 Å². The lowest BCUT2D eigenvalue weighted by Crippen LogP contribution is -2.08. The van der Waals surface area contributed by atoms with Crippen molar-refractivity contribution >= 4 is 66.4 Å². The second-order valence-corrected chi connectivity index (χ2v) is 19.9. The smallest absolute Gasteiger partial charge is 0.0542 e. The van der Waals surface area contributed by atoms with E-state index in [1.54, 1.807) is 0 Å². The summed E-state index contributed by atoms with van der Waals surface area (Å²) in [6.45, 7) is 0. The minimum Gasteiger partial charge on any atom is -0.345 e. The summed E-state index contributed by atoms with van der Waals surface area (Å²) in [6, 6.07) is 109.